The Morgan fingerprint density at radius 2 is 1.92 bits per heavy atom. The van der Waals surface area contributed by atoms with Gasteiger partial charge in [-0.15, -0.1) is 33.9 Å². The van der Waals surface area contributed by atoms with Gasteiger partial charge < -0.3 is 0 Å². The quantitative estimate of drug-likeness (QED) is 0.464. The van der Waals surface area contributed by atoms with Crippen LogP contribution in [-0.4, -0.2) is 0 Å². The summed E-state index contributed by atoms with van der Waals surface area (Å²) >= 11 is 0. The summed E-state index contributed by atoms with van der Waals surface area (Å²) in [4.78, 5) is 0. The van der Waals surface area contributed by atoms with Crippen LogP contribution in [0.2, 0.25) is 0 Å². The van der Waals surface area contributed by atoms with E-state index in [1.807, 2.05) is 0 Å². The van der Waals surface area contributed by atoms with Crippen molar-refractivity contribution in [2.24, 2.45) is 11.8 Å². The summed E-state index contributed by atoms with van der Waals surface area (Å²) in [5, 5.41) is 1.10. The first-order valence-electron chi connectivity index (χ1n) is 4.42. The van der Waals surface area contributed by atoms with E-state index in [2.05, 4.69) is 34.6 Å². The maximum Gasteiger partial charge on any atom is 0.0120 e. The van der Waals surface area contributed by atoms with Crippen molar-refractivity contribution >= 4 is 9.24 Å². The molecule has 3 atom stereocenters. The third kappa shape index (κ3) is 5.52. The van der Waals surface area contributed by atoms with Crippen LogP contribution in [0.1, 0.15) is 26.2 Å². The standard InChI is InChI=1S/C12H17P/c1-5-7-10(3)12(8-6-2)9-11(4)13/h1-2,10,12H,4,7-9,13H2,3H3. The maximum absolute atomic E-state index is 5.30. The van der Waals surface area contributed by atoms with Gasteiger partial charge in [-0.2, -0.15) is 0 Å². The molecule has 0 aromatic rings. The largest absolute Gasteiger partial charge is 0.120 e. The number of terminal acetylenes is 2. The van der Waals surface area contributed by atoms with Crippen molar-refractivity contribution in [2.45, 2.75) is 26.2 Å². The second-order valence-electron chi connectivity index (χ2n) is 3.42. The summed E-state index contributed by atoms with van der Waals surface area (Å²) < 4.78 is 0. The first kappa shape index (κ1) is 12.3. The third-order valence-electron chi connectivity index (χ3n) is 2.15. The van der Waals surface area contributed by atoms with E-state index < -0.39 is 0 Å². The van der Waals surface area contributed by atoms with Gasteiger partial charge in [-0.1, -0.05) is 18.8 Å². The average molecular weight is 192 g/mol. The number of hydrogen-bond acceptors (Lipinski definition) is 0. The van der Waals surface area contributed by atoms with Crippen LogP contribution in [0.3, 0.4) is 0 Å². The molecule has 0 saturated carbocycles. The lowest BCUT2D eigenvalue weighted by molar-refractivity contribution is 0.373. The van der Waals surface area contributed by atoms with E-state index in [9.17, 15) is 0 Å². The molecule has 0 spiro atoms. The highest BCUT2D eigenvalue weighted by Crippen LogP contribution is 2.27. The summed E-state index contributed by atoms with van der Waals surface area (Å²) in [7, 11) is 2.62. The zero-order valence-electron chi connectivity index (χ0n) is 8.22. The zero-order chi connectivity index (χ0) is 10.3. The molecule has 13 heavy (non-hydrogen) atoms. The van der Waals surface area contributed by atoms with Crippen LogP contribution in [0.25, 0.3) is 0 Å². The average Bonchev–Trinajstić information content (AvgIpc) is 2.03. The fourth-order valence-corrected chi connectivity index (χ4v) is 1.62. The van der Waals surface area contributed by atoms with E-state index in [0.717, 1.165) is 24.6 Å². The molecule has 0 aliphatic rings. The number of hydrogen-bond donors (Lipinski definition) is 0. The lowest BCUT2D eigenvalue weighted by Gasteiger charge is -2.20. The van der Waals surface area contributed by atoms with E-state index in [4.69, 9.17) is 12.8 Å². The summed E-state index contributed by atoms with van der Waals surface area (Å²) in [6.07, 6.45) is 13.1. The normalized spacial score (nSPS) is 13.8. The van der Waals surface area contributed by atoms with E-state index in [0.29, 0.717) is 11.8 Å². The van der Waals surface area contributed by atoms with Crippen molar-refractivity contribution in [3.8, 4) is 24.7 Å². The molecule has 0 fully saturated rings. The molecule has 0 bridgehead atoms. The van der Waals surface area contributed by atoms with Crippen LogP contribution in [0.15, 0.2) is 11.9 Å². The van der Waals surface area contributed by atoms with E-state index in [-0.39, 0.29) is 0 Å². The van der Waals surface area contributed by atoms with Gasteiger partial charge in [0.25, 0.3) is 0 Å². The molecule has 0 aliphatic carbocycles. The minimum Gasteiger partial charge on any atom is -0.120 e. The van der Waals surface area contributed by atoms with Crippen LogP contribution < -0.4 is 0 Å². The van der Waals surface area contributed by atoms with E-state index in [1.54, 1.807) is 0 Å². The van der Waals surface area contributed by atoms with Crippen molar-refractivity contribution in [1.82, 2.24) is 0 Å². The Morgan fingerprint density at radius 1 is 1.38 bits per heavy atom. The molecule has 1 heteroatoms. The molecule has 0 heterocycles. The Bertz CT molecular complexity index is 239. The molecule has 0 aromatic heterocycles. The molecule has 70 valence electrons. The third-order valence-corrected chi connectivity index (χ3v) is 2.38. The second kappa shape index (κ2) is 6.77. The lowest BCUT2D eigenvalue weighted by Crippen LogP contribution is -2.10. The van der Waals surface area contributed by atoms with Crippen molar-refractivity contribution in [3.63, 3.8) is 0 Å². The minimum absolute atomic E-state index is 0.478. The van der Waals surface area contributed by atoms with Crippen LogP contribution in [-0.2, 0) is 0 Å². The number of rotatable bonds is 5. The molecule has 0 amide bonds. The fraction of sp³-hybridized carbons (Fsp3) is 0.500. The monoisotopic (exact) mass is 192 g/mol. The first-order valence-corrected chi connectivity index (χ1v) is 4.99. The van der Waals surface area contributed by atoms with Gasteiger partial charge in [0, 0.05) is 12.8 Å². The van der Waals surface area contributed by atoms with Crippen molar-refractivity contribution < 1.29 is 0 Å². The van der Waals surface area contributed by atoms with E-state index in [1.165, 1.54) is 0 Å². The summed E-state index contributed by atoms with van der Waals surface area (Å²) in [5.41, 5.74) is 0. The van der Waals surface area contributed by atoms with Gasteiger partial charge in [-0.05, 0) is 18.3 Å². The summed E-state index contributed by atoms with van der Waals surface area (Å²) in [6.45, 7) is 6.01. The van der Waals surface area contributed by atoms with Crippen LogP contribution in [0.4, 0.5) is 0 Å². The highest BCUT2D eigenvalue weighted by atomic mass is 31.0. The SMILES string of the molecule is C#CCC(C)C(CC#C)CC(=C)P. The molecular weight excluding hydrogens is 175 g/mol. The lowest BCUT2D eigenvalue weighted by atomic mass is 9.86. The summed E-state index contributed by atoms with van der Waals surface area (Å²) in [6, 6.07) is 0. The molecule has 0 saturated heterocycles. The molecule has 0 aromatic carbocycles. The Balaban J connectivity index is 4.17. The molecular formula is C12H17P. The molecule has 0 N–H and O–H groups in total. The molecule has 0 radical (unpaired) electrons. The van der Waals surface area contributed by atoms with Crippen LogP contribution >= 0.6 is 9.24 Å². The van der Waals surface area contributed by atoms with Gasteiger partial charge in [0.1, 0.15) is 0 Å². The highest BCUT2D eigenvalue weighted by molar-refractivity contribution is 7.22. The van der Waals surface area contributed by atoms with Crippen molar-refractivity contribution in [1.29, 1.82) is 0 Å². The van der Waals surface area contributed by atoms with Gasteiger partial charge >= 0.3 is 0 Å². The predicted octanol–water partition coefficient (Wildman–Crippen LogP) is 3.06. The Morgan fingerprint density at radius 3 is 2.31 bits per heavy atom. The maximum atomic E-state index is 5.30. The Hall–Kier alpha value is -0.710. The van der Waals surface area contributed by atoms with Crippen LogP contribution in [0, 0.1) is 36.5 Å². The van der Waals surface area contributed by atoms with Crippen LogP contribution in [0.5, 0.6) is 0 Å². The Labute approximate surface area is 84.4 Å². The number of allylic oxidation sites excluding steroid dienone is 1. The molecule has 0 aliphatic heterocycles. The topological polar surface area (TPSA) is 0 Å². The molecule has 3 unspecified atom stereocenters. The van der Waals surface area contributed by atoms with Crippen molar-refractivity contribution in [2.75, 3.05) is 0 Å². The zero-order valence-corrected chi connectivity index (χ0v) is 9.37. The first-order chi connectivity index (χ1) is 6.11. The van der Waals surface area contributed by atoms with Gasteiger partial charge in [0.15, 0.2) is 0 Å². The fourth-order valence-electron chi connectivity index (χ4n) is 1.32. The molecule has 0 rings (SSSR count). The summed E-state index contributed by atoms with van der Waals surface area (Å²) in [5.74, 6) is 6.33. The van der Waals surface area contributed by atoms with Gasteiger partial charge in [-0.25, -0.2) is 0 Å². The van der Waals surface area contributed by atoms with Gasteiger partial charge in [-0.3, -0.25) is 0 Å². The van der Waals surface area contributed by atoms with Crippen molar-refractivity contribution in [3.05, 3.63) is 11.9 Å². The minimum atomic E-state index is 0.478. The predicted molar refractivity (Wildman–Crippen MR) is 63.0 cm³/mol. The van der Waals surface area contributed by atoms with Gasteiger partial charge in [0.05, 0.1) is 0 Å². The van der Waals surface area contributed by atoms with Gasteiger partial charge in [0.2, 0.25) is 0 Å². The molecule has 0 nitrogen and oxygen atoms in total. The smallest absolute Gasteiger partial charge is 0.0120 e. The van der Waals surface area contributed by atoms with E-state index >= 15 is 0 Å². The Kier molecular flexibility index (Phi) is 6.40. The highest BCUT2D eigenvalue weighted by Gasteiger charge is 2.15. The second-order valence-corrected chi connectivity index (χ2v) is 4.23.